The van der Waals surface area contributed by atoms with Gasteiger partial charge in [0.25, 0.3) is 5.56 Å². The van der Waals surface area contributed by atoms with E-state index in [4.69, 9.17) is 9.47 Å². The van der Waals surface area contributed by atoms with E-state index < -0.39 is 26.1 Å². The Morgan fingerprint density at radius 2 is 1.86 bits per heavy atom. The second-order valence-electron chi connectivity index (χ2n) is 9.53. The van der Waals surface area contributed by atoms with Crippen LogP contribution in [0.25, 0.3) is 16.6 Å². The zero-order chi connectivity index (χ0) is 27.1. The number of methoxy groups -OCH3 is 1. The number of fused-ring (bicyclic) bond motifs is 1. The highest BCUT2D eigenvalue weighted by atomic mass is 32.5. The molecule has 1 atom stereocenters. The summed E-state index contributed by atoms with van der Waals surface area (Å²) in [5.74, 6) is 1.56. The molecule has 2 heterocycles. The van der Waals surface area contributed by atoms with E-state index in [1.165, 1.54) is 32.9 Å². The van der Waals surface area contributed by atoms with Crippen LogP contribution in [0, 0.1) is 12.8 Å². The molecular weight excluding hydrogens is 517 g/mol. The van der Waals surface area contributed by atoms with Gasteiger partial charge in [-0.3, -0.25) is 9.36 Å². The number of hydrogen-bond donors (Lipinski definition) is 0. The summed E-state index contributed by atoms with van der Waals surface area (Å²) in [5, 5.41) is -0.578. The molecule has 6 nitrogen and oxygen atoms in total. The van der Waals surface area contributed by atoms with Gasteiger partial charge in [-0.05, 0) is 69.0 Å². The molecule has 3 aromatic rings. The van der Waals surface area contributed by atoms with Gasteiger partial charge in [0.2, 0.25) is 0 Å². The van der Waals surface area contributed by atoms with Crippen LogP contribution >= 0.6 is 10.2 Å². The van der Waals surface area contributed by atoms with Crippen LogP contribution < -0.4 is 15.0 Å². The Bertz CT molecular complexity index is 1380. The third-order valence-corrected chi connectivity index (χ3v) is 7.62. The fourth-order valence-electron chi connectivity index (χ4n) is 4.70. The lowest BCUT2D eigenvalue weighted by Crippen LogP contribution is -2.35. The van der Waals surface area contributed by atoms with Crippen molar-refractivity contribution in [1.82, 2.24) is 14.5 Å². The first-order valence-corrected chi connectivity index (χ1v) is 13.9. The van der Waals surface area contributed by atoms with Crippen LogP contribution in [0.1, 0.15) is 32.0 Å². The summed E-state index contributed by atoms with van der Waals surface area (Å²) >= 11 is 0. The maximum absolute atomic E-state index is 13.4. The third kappa shape index (κ3) is 6.18. The summed E-state index contributed by atoms with van der Waals surface area (Å²) in [6, 6.07) is 5.90. The van der Waals surface area contributed by atoms with Crippen LogP contribution in [0.5, 0.6) is 11.5 Å². The Morgan fingerprint density at radius 1 is 1.11 bits per heavy atom. The van der Waals surface area contributed by atoms with E-state index in [-0.39, 0.29) is 34.9 Å². The van der Waals surface area contributed by atoms with E-state index in [1.54, 1.807) is 12.1 Å². The van der Waals surface area contributed by atoms with Crippen molar-refractivity contribution in [1.29, 1.82) is 0 Å². The molecule has 0 saturated carbocycles. The van der Waals surface area contributed by atoms with Crippen molar-refractivity contribution in [3.05, 3.63) is 52.6 Å². The molecule has 2 aromatic carbocycles. The van der Waals surface area contributed by atoms with Crippen molar-refractivity contribution in [3.63, 3.8) is 0 Å². The zero-order valence-corrected chi connectivity index (χ0v) is 21.7. The van der Waals surface area contributed by atoms with Gasteiger partial charge in [-0.1, -0.05) is 26.4 Å². The Hall–Kier alpha value is -2.86. The molecule has 1 aliphatic rings. The number of aryl methyl sites for hydroxylation is 1. The Labute approximate surface area is 211 Å². The molecule has 1 saturated heterocycles. The lowest BCUT2D eigenvalue weighted by molar-refractivity contribution is 0.170. The number of aromatic nitrogens is 2. The van der Waals surface area contributed by atoms with Crippen molar-refractivity contribution in [2.75, 3.05) is 33.4 Å². The minimum absolute atomic E-state index is 0.119. The van der Waals surface area contributed by atoms with E-state index in [0.29, 0.717) is 18.3 Å². The number of ether oxygens (including phenoxy) is 2. The predicted octanol–water partition coefficient (Wildman–Crippen LogP) is 6.86. The van der Waals surface area contributed by atoms with Crippen molar-refractivity contribution in [2.45, 2.75) is 38.0 Å². The highest BCUT2D eigenvalue weighted by Gasteiger charge is 2.65. The van der Waals surface area contributed by atoms with Crippen molar-refractivity contribution < 1.29 is 28.9 Å². The van der Waals surface area contributed by atoms with Crippen LogP contribution in [0.2, 0.25) is 0 Å². The maximum atomic E-state index is 13.4. The van der Waals surface area contributed by atoms with Crippen LogP contribution in [0.3, 0.4) is 0 Å². The number of likely N-dealkylation sites (tertiary alicyclic amines) is 1. The van der Waals surface area contributed by atoms with E-state index in [9.17, 15) is 24.2 Å². The number of nitrogens with zero attached hydrogens (tertiary/aromatic N) is 3. The number of piperidine rings is 1. The number of rotatable bonds is 8. The Kier molecular flexibility index (Phi) is 6.73. The zero-order valence-electron chi connectivity index (χ0n) is 20.9. The number of hydrogen-bond acceptors (Lipinski definition) is 5. The Morgan fingerprint density at radius 3 is 2.54 bits per heavy atom. The first-order valence-electron chi connectivity index (χ1n) is 12.0. The molecule has 0 aliphatic carbocycles. The Balaban J connectivity index is 1.60. The molecule has 0 spiro atoms. The van der Waals surface area contributed by atoms with Gasteiger partial charge < -0.3 is 14.4 Å². The van der Waals surface area contributed by atoms with Gasteiger partial charge in [0.15, 0.2) is 0 Å². The van der Waals surface area contributed by atoms with Gasteiger partial charge in [-0.15, -0.1) is 0 Å². The second kappa shape index (κ2) is 9.16. The third-order valence-electron chi connectivity index (χ3n) is 6.47. The average molecular weight is 548 g/mol. The molecule has 204 valence electrons. The van der Waals surface area contributed by atoms with Crippen molar-refractivity contribution in [3.8, 4) is 17.2 Å². The fraction of sp³-hybridized carbons (Fsp3) is 0.440. The fourth-order valence-corrected chi connectivity index (χ4v) is 5.37. The molecule has 1 aromatic heterocycles. The van der Waals surface area contributed by atoms with Crippen LogP contribution in [-0.2, 0) is 0 Å². The van der Waals surface area contributed by atoms with Gasteiger partial charge >= 0.3 is 10.2 Å². The van der Waals surface area contributed by atoms with Gasteiger partial charge in [0.05, 0.1) is 30.3 Å². The molecule has 0 bridgehead atoms. The topological polar surface area (TPSA) is 56.6 Å². The van der Waals surface area contributed by atoms with Crippen molar-refractivity contribution in [2.24, 2.45) is 5.92 Å². The first-order chi connectivity index (χ1) is 17.2. The molecule has 0 amide bonds. The first kappa shape index (κ1) is 27.2. The highest BCUT2D eigenvalue weighted by molar-refractivity contribution is 8.45. The number of halogens is 5. The molecule has 1 aliphatic heterocycles. The standard InChI is InChI=1S/C25H30F5N3O3S/c1-17-6-4-11-32(16-17)12-5-13-36-19-7-10-23(24(14-19)35-3)33-18(2)31-22-9-8-20(15-21(22)25(33)34)37(26,27,28,29)30/h7-10,14-15,17H,4-6,11-13,16H2,1-3H3. The lowest BCUT2D eigenvalue weighted by atomic mass is 10.0. The van der Waals surface area contributed by atoms with Gasteiger partial charge in [-0.2, -0.15) is 0 Å². The summed E-state index contributed by atoms with van der Waals surface area (Å²) in [6.45, 7) is 7.31. The highest BCUT2D eigenvalue weighted by Crippen LogP contribution is 3.02. The summed E-state index contributed by atoms with van der Waals surface area (Å²) < 4.78 is 79.1. The summed E-state index contributed by atoms with van der Waals surface area (Å²) in [4.78, 5) is 17.6. The summed E-state index contributed by atoms with van der Waals surface area (Å²) in [6.07, 6.45) is 3.29. The largest absolute Gasteiger partial charge is 0.494 e. The van der Waals surface area contributed by atoms with E-state index in [0.717, 1.165) is 36.7 Å². The minimum atomic E-state index is -9.98. The van der Waals surface area contributed by atoms with Crippen LogP contribution in [-0.4, -0.2) is 47.8 Å². The van der Waals surface area contributed by atoms with Crippen molar-refractivity contribution >= 4 is 21.1 Å². The van der Waals surface area contributed by atoms with Gasteiger partial charge in [0, 0.05) is 19.2 Å². The quantitative estimate of drug-likeness (QED) is 0.228. The normalized spacial score (nSPS) is 18.9. The molecule has 0 radical (unpaired) electrons. The molecule has 1 unspecified atom stereocenters. The van der Waals surface area contributed by atoms with Gasteiger partial charge in [-0.25, -0.2) is 4.98 Å². The molecule has 12 heteroatoms. The lowest BCUT2D eigenvalue weighted by Gasteiger charge is -2.40. The molecule has 4 rings (SSSR count). The van der Waals surface area contributed by atoms with Crippen LogP contribution in [0.15, 0.2) is 46.1 Å². The predicted molar refractivity (Wildman–Crippen MR) is 135 cm³/mol. The smallest absolute Gasteiger partial charge is 0.310 e. The monoisotopic (exact) mass is 547 g/mol. The molecule has 37 heavy (non-hydrogen) atoms. The van der Waals surface area contributed by atoms with Gasteiger partial charge in [0.1, 0.15) is 22.2 Å². The van der Waals surface area contributed by atoms with E-state index in [2.05, 4.69) is 16.8 Å². The molecule has 1 fully saturated rings. The maximum Gasteiger partial charge on any atom is 0.310 e. The second-order valence-corrected chi connectivity index (χ2v) is 11.9. The summed E-state index contributed by atoms with van der Waals surface area (Å²) in [5.41, 5.74) is -0.841. The summed E-state index contributed by atoms with van der Waals surface area (Å²) in [7, 11) is -8.60. The number of benzene rings is 2. The SMILES string of the molecule is COc1cc(OCCCN2CCCC(C)C2)ccc1-n1c(C)nc2ccc(S(F)(F)(F)(F)F)cc2c1=O. The average Bonchev–Trinajstić information content (AvgIpc) is 2.80. The van der Waals surface area contributed by atoms with E-state index in [1.807, 2.05) is 0 Å². The molecular formula is C25H30F5N3O3S. The minimum Gasteiger partial charge on any atom is -0.494 e. The molecule has 0 N–H and O–H groups in total. The van der Waals surface area contributed by atoms with E-state index >= 15 is 0 Å². The van der Waals surface area contributed by atoms with Crippen LogP contribution in [0.4, 0.5) is 19.4 Å².